The second-order valence-corrected chi connectivity index (χ2v) is 7.46. The molecule has 0 radical (unpaired) electrons. The van der Waals surface area contributed by atoms with Gasteiger partial charge >= 0.3 is 6.18 Å². The van der Waals surface area contributed by atoms with E-state index in [2.05, 4.69) is 10.4 Å². The zero-order valence-corrected chi connectivity index (χ0v) is 18.0. The van der Waals surface area contributed by atoms with Gasteiger partial charge in [-0.25, -0.2) is 0 Å². The second-order valence-electron chi connectivity index (χ2n) is 6.24. The van der Waals surface area contributed by atoms with Gasteiger partial charge in [0.2, 0.25) is 0 Å². The Hall–Kier alpha value is -3.02. The smallest absolute Gasteiger partial charge is 0.436 e. The highest BCUT2D eigenvalue weighted by Gasteiger charge is 2.39. The third-order valence-corrected chi connectivity index (χ3v) is 4.84. The van der Waals surface area contributed by atoms with Gasteiger partial charge in [-0.2, -0.15) is 18.3 Å². The van der Waals surface area contributed by atoms with Crippen LogP contribution in [-0.2, 0) is 13.2 Å². The van der Waals surface area contributed by atoms with Crippen LogP contribution < -0.4 is 10.1 Å². The number of non-ortho nitro benzene ring substituents is 1. The van der Waals surface area contributed by atoms with Gasteiger partial charge < -0.3 is 10.1 Å². The molecule has 0 saturated carbocycles. The van der Waals surface area contributed by atoms with Gasteiger partial charge in [0.05, 0.1) is 21.7 Å². The molecule has 1 amide bonds. The lowest BCUT2D eigenvalue weighted by Crippen LogP contribution is -2.16. The number of hydrogen-bond donors (Lipinski definition) is 1. The van der Waals surface area contributed by atoms with Crippen LogP contribution in [0.1, 0.15) is 16.2 Å². The van der Waals surface area contributed by atoms with Gasteiger partial charge in [-0.1, -0.05) is 34.8 Å². The van der Waals surface area contributed by atoms with Gasteiger partial charge in [0.25, 0.3) is 11.6 Å². The lowest BCUT2D eigenvalue weighted by molar-refractivity contribution is -0.384. The highest BCUT2D eigenvalue weighted by atomic mass is 35.5. The third kappa shape index (κ3) is 5.06. The topological polar surface area (TPSA) is 99.3 Å². The van der Waals surface area contributed by atoms with Crippen molar-refractivity contribution in [3.63, 3.8) is 0 Å². The molecule has 1 aromatic heterocycles. The number of hydrogen-bond acceptors (Lipinski definition) is 5. The number of aromatic nitrogens is 2. The molecule has 1 N–H and O–H groups in total. The Morgan fingerprint density at radius 3 is 2.44 bits per heavy atom. The number of carbonyl (C=O) groups is 1. The van der Waals surface area contributed by atoms with Crippen molar-refractivity contribution in [1.29, 1.82) is 0 Å². The van der Waals surface area contributed by atoms with Gasteiger partial charge in [0.15, 0.2) is 5.69 Å². The number of anilines is 1. The van der Waals surface area contributed by atoms with Gasteiger partial charge in [-0.3, -0.25) is 19.6 Å². The molecule has 2 aromatic carbocycles. The van der Waals surface area contributed by atoms with E-state index in [1.165, 1.54) is 24.3 Å². The van der Waals surface area contributed by atoms with E-state index >= 15 is 0 Å². The molecule has 14 heteroatoms. The van der Waals surface area contributed by atoms with Gasteiger partial charge in [-0.05, 0) is 18.2 Å². The summed E-state index contributed by atoms with van der Waals surface area (Å²) >= 11 is 17.6. The number of halogens is 6. The highest BCUT2D eigenvalue weighted by molar-refractivity contribution is 6.35. The minimum Gasteiger partial charge on any atom is -0.455 e. The van der Waals surface area contributed by atoms with Crippen molar-refractivity contribution in [2.45, 2.75) is 6.18 Å². The Balaban J connectivity index is 1.95. The largest absolute Gasteiger partial charge is 0.455 e. The Bertz CT molecular complexity index is 1230. The van der Waals surface area contributed by atoms with E-state index in [9.17, 15) is 28.1 Å². The van der Waals surface area contributed by atoms with Crippen molar-refractivity contribution in [3.8, 4) is 11.5 Å². The number of nitro benzene ring substituents is 1. The monoisotopic (exact) mass is 508 g/mol. The number of ether oxygens (including phenoxy) is 1. The van der Waals surface area contributed by atoms with Crippen LogP contribution in [0.25, 0.3) is 0 Å². The summed E-state index contributed by atoms with van der Waals surface area (Å²) in [4.78, 5) is 23.1. The van der Waals surface area contributed by atoms with Crippen molar-refractivity contribution >= 4 is 52.1 Å². The number of amides is 1. The summed E-state index contributed by atoms with van der Waals surface area (Å²) in [6.45, 7) is 0. The SMILES string of the molecule is Cn1nc(C(F)(F)F)c(Cl)c1C(=O)Nc1cc(Oc2ccc(Cl)cc2Cl)cc([N+](=O)[O-])c1. The zero-order chi connectivity index (χ0) is 23.8. The summed E-state index contributed by atoms with van der Waals surface area (Å²) in [5.74, 6) is -1.03. The number of nitro groups is 1. The summed E-state index contributed by atoms with van der Waals surface area (Å²) in [6.07, 6.45) is -4.88. The first kappa shape index (κ1) is 23.6. The Kier molecular flexibility index (Phi) is 6.54. The van der Waals surface area contributed by atoms with Gasteiger partial charge in [0, 0.05) is 24.2 Å². The molecule has 0 saturated heterocycles. The second kappa shape index (κ2) is 8.85. The summed E-state index contributed by atoms with van der Waals surface area (Å²) < 4.78 is 45.2. The number of aryl methyl sites for hydroxylation is 1. The van der Waals surface area contributed by atoms with E-state index in [1.54, 1.807) is 0 Å². The standard InChI is InChI=1S/C18H10Cl3F3N4O4/c1-27-15(14(21)16(26-27)18(22,23)24)17(29)25-9-5-10(28(30)31)7-11(6-9)32-13-3-2-8(19)4-12(13)20/h2-7H,1H3,(H,25,29). The molecule has 0 atom stereocenters. The minimum absolute atomic E-state index is 0.0780. The summed E-state index contributed by atoms with van der Waals surface area (Å²) in [6, 6.07) is 7.57. The Morgan fingerprint density at radius 2 is 1.88 bits per heavy atom. The fraction of sp³-hybridized carbons (Fsp3) is 0.111. The van der Waals surface area contributed by atoms with E-state index < -0.39 is 39.1 Å². The Morgan fingerprint density at radius 1 is 1.19 bits per heavy atom. The summed E-state index contributed by atoms with van der Waals surface area (Å²) in [5, 5.41) is 16.3. The van der Waals surface area contributed by atoms with Crippen molar-refractivity contribution < 1.29 is 27.6 Å². The van der Waals surface area contributed by atoms with Crippen molar-refractivity contribution in [2.75, 3.05) is 5.32 Å². The molecule has 0 aliphatic rings. The number of rotatable bonds is 5. The molecule has 3 aromatic rings. The van der Waals surface area contributed by atoms with Crippen LogP contribution >= 0.6 is 34.8 Å². The first-order valence-electron chi connectivity index (χ1n) is 8.40. The zero-order valence-electron chi connectivity index (χ0n) is 15.7. The predicted octanol–water partition coefficient (Wildman–Crippen LogP) is 6.35. The van der Waals surface area contributed by atoms with E-state index in [0.717, 1.165) is 19.2 Å². The van der Waals surface area contributed by atoms with E-state index in [0.29, 0.717) is 9.70 Å². The summed E-state index contributed by atoms with van der Waals surface area (Å²) in [7, 11) is 1.10. The van der Waals surface area contributed by atoms with E-state index in [-0.39, 0.29) is 22.2 Å². The maximum Gasteiger partial charge on any atom is 0.436 e. The number of alkyl halides is 3. The van der Waals surface area contributed by atoms with Crippen LogP contribution in [0.15, 0.2) is 36.4 Å². The van der Waals surface area contributed by atoms with Crippen molar-refractivity contribution in [3.05, 3.63) is 73.0 Å². The maximum atomic E-state index is 13.0. The highest BCUT2D eigenvalue weighted by Crippen LogP contribution is 2.37. The molecule has 0 fully saturated rings. The van der Waals surface area contributed by atoms with Crippen LogP contribution in [0.2, 0.25) is 15.1 Å². The number of benzene rings is 2. The molecule has 8 nitrogen and oxygen atoms in total. The lowest BCUT2D eigenvalue weighted by Gasteiger charge is -2.11. The third-order valence-electron chi connectivity index (χ3n) is 3.95. The molecular formula is C18H10Cl3F3N4O4. The first-order valence-corrected chi connectivity index (χ1v) is 9.53. The molecule has 0 aliphatic heterocycles. The number of nitrogens with zero attached hydrogens (tertiary/aromatic N) is 3. The van der Waals surface area contributed by atoms with Crippen LogP contribution in [0.4, 0.5) is 24.5 Å². The summed E-state index contributed by atoms with van der Waals surface area (Å²) in [5.41, 5.74) is -2.63. The van der Waals surface area contributed by atoms with E-state index in [4.69, 9.17) is 39.5 Å². The van der Waals surface area contributed by atoms with E-state index in [1.807, 2.05) is 0 Å². The number of nitrogens with one attached hydrogen (secondary N) is 1. The first-order chi connectivity index (χ1) is 14.9. The molecule has 0 aliphatic carbocycles. The maximum absolute atomic E-state index is 13.0. The minimum atomic E-state index is -4.88. The molecule has 32 heavy (non-hydrogen) atoms. The Labute approximate surface area is 192 Å². The van der Waals surface area contributed by atoms with Crippen LogP contribution in [0.3, 0.4) is 0 Å². The molecule has 168 valence electrons. The average Bonchev–Trinajstić information content (AvgIpc) is 2.98. The molecular weight excluding hydrogens is 500 g/mol. The van der Waals surface area contributed by atoms with Gasteiger partial charge in [0.1, 0.15) is 22.2 Å². The normalized spacial score (nSPS) is 11.3. The van der Waals surface area contributed by atoms with Crippen molar-refractivity contribution in [1.82, 2.24) is 9.78 Å². The average molecular weight is 510 g/mol. The molecule has 0 unspecified atom stereocenters. The van der Waals surface area contributed by atoms with Crippen LogP contribution in [0.5, 0.6) is 11.5 Å². The predicted molar refractivity (Wildman–Crippen MR) is 111 cm³/mol. The quantitative estimate of drug-likeness (QED) is 0.319. The van der Waals surface area contributed by atoms with Crippen LogP contribution in [0, 0.1) is 10.1 Å². The van der Waals surface area contributed by atoms with Gasteiger partial charge in [-0.15, -0.1) is 0 Å². The fourth-order valence-electron chi connectivity index (χ4n) is 2.62. The van der Waals surface area contributed by atoms with Crippen molar-refractivity contribution in [2.24, 2.45) is 7.05 Å². The molecule has 1 heterocycles. The fourth-order valence-corrected chi connectivity index (χ4v) is 3.42. The molecule has 0 bridgehead atoms. The van der Waals surface area contributed by atoms with Crippen LogP contribution in [-0.4, -0.2) is 20.6 Å². The molecule has 0 spiro atoms. The lowest BCUT2D eigenvalue weighted by atomic mass is 10.2. The molecule has 3 rings (SSSR count). The number of carbonyl (C=O) groups excluding carboxylic acids is 1.